The minimum atomic E-state index is -0.826. The number of nitrogens with zero attached hydrogens (tertiary/aromatic N) is 1. The van der Waals surface area contributed by atoms with Gasteiger partial charge in [-0.15, -0.1) is 0 Å². The van der Waals surface area contributed by atoms with Crippen LogP contribution in [-0.2, 0) is 4.79 Å². The lowest BCUT2D eigenvalue weighted by Crippen LogP contribution is -2.47. The molecule has 0 aromatic heterocycles. The Balaban J connectivity index is 1.58. The van der Waals surface area contributed by atoms with E-state index in [0.717, 1.165) is 17.2 Å². The van der Waals surface area contributed by atoms with Crippen molar-refractivity contribution < 1.29 is 19.2 Å². The van der Waals surface area contributed by atoms with Gasteiger partial charge in [0, 0.05) is 17.7 Å². The topological polar surface area (TPSA) is 111 Å². The highest BCUT2D eigenvalue weighted by molar-refractivity contribution is 5.96. The predicted molar refractivity (Wildman–Crippen MR) is 115 cm³/mol. The molecule has 0 bridgehead atoms. The van der Waals surface area contributed by atoms with Crippen LogP contribution in [0.15, 0.2) is 78.9 Å². The molecule has 0 spiro atoms. The number of nitro benzene ring substituents is 1. The SMILES string of the molecule is CCC(Oc1ccc(-c2ccccc2)cc1)C(=O)NNC(=O)c1cccc([N+](=O)[O-])c1. The van der Waals surface area contributed by atoms with E-state index < -0.39 is 22.8 Å². The van der Waals surface area contributed by atoms with Crippen LogP contribution in [0.3, 0.4) is 0 Å². The highest BCUT2D eigenvalue weighted by Crippen LogP contribution is 2.23. The zero-order valence-corrected chi connectivity index (χ0v) is 16.8. The van der Waals surface area contributed by atoms with E-state index in [4.69, 9.17) is 4.74 Å². The van der Waals surface area contributed by atoms with E-state index in [-0.39, 0.29) is 11.3 Å². The van der Waals surface area contributed by atoms with Crippen LogP contribution < -0.4 is 15.6 Å². The van der Waals surface area contributed by atoms with Crippen LogP contribution in [-0.4, -0.2) is 22.8 Å². The lowest BCUT2D eigenvalue weighted by Gasteiger charge is -2.18. The maximum atomic E-state index is 12.4. The number of carbonyl (C=O) groups excluding carboxylic acids is 2. The van der Waals surface area contributed by atoms with Crippen molar-refractivity contribution in [3.8, 4) is 16.9 Å². The number of hydrogen-bond acceptors (Lipinski definition) is 5. The van der Waals surface area contributed by atoms with E-state index in [2.05, 4.69) is 10.9 Å². The van der Waals surface area contributed by atoms with E-state index in [1.165, 1.54) is 18.2 Å². The molecule has 0 aliphatic heterocycles. The standard InChI is InChI=1S/C23H21N3O5/c1-2-21(31-20-13-11-17(12-14-20)16-7-4-3-5-8-16)23(28)25-24-22(27)18-9-6-10-19(15-18)26(29)30/h3-15,21H,2H2,1H3,(H,24,27)(H,25,28). The molecular formula is C23H21N3O5. The van der Waals surface area contributed by atoms with Gasteiger partial charge in [0.05, 0.1) is 4.92 Å². The first-order valence-electron chi connectivity index (χ1n) is 9.64. The molecule has 3 aromatic rings. The van der Waals surface area contributed by atoms with Gasteiger partial charge in [-0.3, -0.25) is 30.6 Å². The maximum absolute atomic E-state index is 12.4. The van der Waals surface area contributed by atoms with Crippen molar-refractivity contribution in [3.63, 3.8) is 0 Å². The highest BCUT2D eigenvalue weighted by atomic mass is 16.6. The molecule has 0 aliphatic rings. The van der Waals surface area contributed by atoms with Crippen molar-refractivity contribution in [1.82, 2.24) is 10.9 Å². The fourth-order valence-electron chi connectivity index (χ4n) is 2.87. The summed E-state index contributed by atoms with van der Waals surface area (Å²) in [5, 5.41) is 10.8. The largest absolute Gasteiger partial charge is 0.481 e. The van der Waals surface area contributed by atoms with Gasteiger partial charge in [-0.05, 0) is 35.7 Å². The third-order valence-electron chi connectivity index (χ3n) is 4.52. The number of nitro groups is 1. The Morgan fingerprint density at radius 2 is 1.61 bits per heavy atom. The van der Waals surface area contributed by atoms with E-state index in [0.29, 0.717) is 12.2 Å². The molecule has 0 aliphatic carbocycles. The van der Waals surface area contributed by atoms with Gasteiger partial charge in [0.1, 0.15) is 5.75 Å². The lowest BCUT2D eigenvalue weighted by molar-refractivity contribution is -0.384. The Labute approximate surface area is 179 Å². The summed E-state index contributed by atoms with van der Waals surface area (Å²) in [4.78, 5) is 34.8. The third-order valence-corrected chi connectivity index (χ3v) is 4.52. The number of hydrogen-bond donors (Lipinski definition) is 2. The highest BCUT2D eigenvalue weighted by Gasteiger charge is 2.20. The fraction of sp³-hybridized carbons (Fsp3) is 0.130. The second-order valence-corrected chi connectivity index (χ2v) is 6.66. The van der Waals surface area contributed by atoms with Gasteiger partial charge >= 0.3 is 0 Å². The monoisotopic (exact) mass is 419 g/mol. The number of carbonyl (C=O) groups is 2. The Morgan fingerprint density at radius 3 is 2.26 bits per heavy atom. The lowest BCUT2D eigenvalue weighted by atomic mass is 10.1. The first-order chi connectivity index (χ1) is 15.0. The van der Waals surface area contributed by atoms with Gasteiger partial charge in [0.25, 0.3) is 17.5 Å². The van der Waals surface area contributed by atoms with Gasteiger partial charge < -0.3 is 4.74 Å². The normalized spacial score (nSPS) is 11.3. The molecule has 0 heterocycles. The van der Waals surface area contributed by atoms with Gasteiger partial charge in [0.2, 0.25) is 0 Å². The summed E-state index contributed by atoms with van der Waals surface area (Å²) in [6.45, 7) is 1.78. The van der Waals surface area contributed by atoms with Crippen LogP contribution in [0, 0.1) is 10.1 Å². The summed E-state index contributed by atoms with van der Waals surface area (Å²) in [5.41, 5.74) is 6.49. The number of ether oxygens (including phenoxy) is 1. The molecule has 8 heteroatoms. The molecule has 0 saturated heterocycles. The first-order valence-corrected chi connectivity index (χ1v) is 9.64. The second-order valence-electron chi connectivity index (χ2n) is 6.66. The van der Waals surface area contributed by atoms with Crippen molar-refractivity contribution in [1.29, 1.82) is 0 Å². The molecule has 0 saturated carbocycles. The number of nitrogens with one attached hydrogen (secondary N) is 2. The average Bonchev–Trinajstić information content (AvgIpc) is 2.81. The number of hydrazine groups is 1. The number of benzene rings is 3. The Kier molecular flexibility index (Phi) is 6.95. The minimum absolute atomic E-state index is 0.0555. The molecule has 2 amide bonds. The molecule has 2 N–H and O–H groups in total. The van der Waals surface area contributed by atoms with Crippen LogP contribution in [0.1, 0.15) is 23.7 Å². The predicted octanol–water partition coefficient (Wildman–Crippen LogP) is 3.88. The Morgan fingerprint density at radius 1 is 0.935 bits per heavy atom. The molecule has 8 nitrogen and oxygen atoms in total. The zero-order valence-electron chi connectivity index (χ0n) is 16.8. The summed E-state index contributed by atoms with van der Waals surface area (Å²) in [5.74, 6) is -0.681. The summed E-state index contributed by atoms with van der Waals surface area (Å²) in [6, 6.07) is 22.4. The smallest absolute Gasteiger partial charge is 0.279 e. The van der Waals surface area contributed by atoms with Gasteiger partial charge in [-0.2, -0.15) is 0 Å². The molecule has 1 atom stereocenters. The van der Waals surface area contributed by atoms with Crippen molar-refractivity contribution >= 4 is 17.5 Å². The summed E-state index contributed by atoms with van der Waals surface area (Å²) in [7, 11) is 0. The molecule has 0 radical (unpaired) electrons. The number of non-ortho nitro benzene ring substituents is 1. The molecular weight excluding hydrogens is 398 g/mol. The van der Waals surface area contributed by atoms with Gasteiger partial charge in [0.15, 0.2) is 6.10 Å². The molecule has 31 heavy (non-hydrogen) atoms. The third kappa shape index (κ3) is 5.66. The molecule has 1 unspecified atom stereocenters. The first kappa shape index (κ1) is 21.5. The quantitative estimate of drug-likeness (QED) is 0.446. The maximum Gasteiger partial charge on any atom is 0.279 e. The molecule has 3 rings (SSSR count). The van der Waals surface area contributed by atoms with Crippen molar-refractivity contribution in [2.24, 2.45) is 0 Å². The number of amides is 2. The zero-order chi connectivity index (χ0) is 22.2. The van der Waals surface area contributed by atoms with E-state index in [1.54, 1.807) is 19.1 Å². The average molecular weight is 419 g/mol. The van der Waals surface area contributed by atoms with Crippen LogP contribution in [0.5, 0.6) is 5.75 Å². The summed E-state index contributed by atoms with van der Waals surface area (Å²) >= 11 is 0. The fourth-order valence-corrected chi connectivity index (χ4v) is 2.87. The van der Waals surface area contributed by atoms with Gasteiger partial charge in [-0.1, -0.05) is 55.5 Å². The molecule has 158 valence electrons. The van der Waals surface area contributed by atoms with E-state index in [1.807, 2.05) is 42.5 Å². The summed E-state index contributed by atoms with van der Waals surface area (Å²) in [6.07, 6.45) is -0.452. The number of rotatable bonds is 7. The van der Waals surface area contributed by atoms with E-state index in [9.17, 15) is 19.7 Å². The Hall–Kier alpha value is -4.20. The Bertz CT molecular complexity index is 1070. The second kappa shape index (κ2) is 10.0. The van der Waals surface area contributed by atoms with Crippen LogP contribution in [0.4, 0.5) is 5.69 Å². The molecule has 3 aromatic carbocycles. The van der Waals surface area contributed by atoms with Crippen LogP contribution in [0.25, 0.3) is 11.1 Å². The van der Waals surface area contributed by atoms with E-state index >= 15 is 0 Å². The van der Waals surface area contributed by atoms with Crippen molar-refractivity contribution in [2.75, 3.05) is 0 Å². The van der Waals surface area contributed by atoms with Crippen molar-refractivity contribution in [2.45, 2.75) is 19.4 Å². The minimum Gasteiger partial charge on any atom is -0.481 e. The van der Waals surface area contributed by atoms with Gasteiger partial charge in [-0.25, -0.2) is 0 Å². The van der Waals surface area contributed by atoms with Crippen molar-refractivity contribution in [3.05, 3.63) is 94.5 Å². The van der Waals surface area contributed by atoms with Crippen LogP contribution >= 0.6 is 0 Å². The summed E-state index contributed by atoms with van der Waals surface area (Å²) < 4.78 is 5.75. The van der Waals surface area contributed by atoms with Crippen LogP contribution in [0.2, 0.25) is 0 Å². The molecule has 0 fully saturated rings.